The molecule has 0 saturated heterocycles. The highest BCUT2D eigenvalue weighted by Gasteiger charge is 2.26. The topological polar surface area (TPSA) is 55.2 Å². The molecule has 0 radical (unpaired) electrons. The summed E-state index contributed by atoms with van der Waals surface area (Å²) in [6.07, 6.45) is -4.47. The Kier molecular flexibility index (Phi) is 5.35. The summed E-state index contributed by atoms with van der Waals surface area (Å²) in [5.41, 5.74) is 1.40. The lowest BCUT2D eigenvalue weighted by atomic mass is 10.1. The maximum atomic E-state index is 12.0. The van der Waals surface area contributed by atoms with Gasteiger partial charge in [-0.2, -0.15) is 13.2 Å². The Hall–Kier alpha value is -1.79. The number of alkyl halides is 3. The Morgan fingerprint density at radius 1 is 1.40 bits per heavy atom. The summed E-state index contributed by atoms with van der Waals surface area (Å²) in [6, 6.07) is 4.26. The number of rotatable bonds is 6. The van der Waals surface area contributed by atoms with Crippen LogP contribution in [-0.2, 0) is 0 Å². The molecule has 0 amide bonds. The van der Waals surface area contributed by atoms with E-state index in [0.29, 0.717) is 17.7 Å². The lowest BCUT2D eigenvalue weighted by Gasteiger charge is -2.17. The highest BCUT2D eigenvalue weighted by atomic mass is 19.4. The van der Waals surface area contributed by atoms with E-state index in [1.54, 1.807) is 19.9 Å². The molecule has 0 fully saturated rings. The lowest BCUT2D eigenvalue weighted by molar-refractivity contribution is -0.384. The number of hydrogen-bond acceptors (Lipinski definition) is 3. The van der Waals surface area contributed by atoms with Gasteiger partial charge in [-0.15, -0.1) is 0 Å². The summed E-state index contributed by atoms with van der Waals surface area (Å²) in [6.45, 7) is 3.51. The Labute approximate surface area is 115 Å². The van der Waals surface area contributed by atoms with Crippen molar-refractivity contribution in [2.24, 2.45) is 0 Å². The van der Waals surface area contributed by atoms with Crippen LogP contribution in [0.5, 0.6) is 0 Å². The zero-order chi connectivity index (χ0) is 15.3. The quantitative estimate of drug-likeness (QED) is 0.622. The number of halogens is 3. The van der Waals surface area contributed by atoms with Crippen LogP contribution < -0.4 is 5.32 Å². The molecule has 0 bridgehead atoms. The summed E-state index contributed by atoms with van der Waals surface area (Å²) >= 11 is 0. The summed E-state index contributed by atoms with van der Waals surface area (Å²) in [5.74, 6) is 0. The maximum absolute atomic E-state index is 12.0. The average Bonchev–Trinajstić information content (AvgIpc) is 2.29. The molecule has 1 N–H and O–H groups in total. The van der Waals surface area contributed by atoms with Gasteiger partial charge in [0, 0.05) is 30.3 Å². The van der Waals surface area contributed by atoms with Crippen LogP contribution in [0, 0.1) is 17.0 Å². The van der Waals surface area contributed by atoms with Gasteiger partial charge in [-0.25, -0.2) is 0 Å². The first-order chi connectivity index (χ1) is 9.19. The van der Waals surface area contributed by atoms with Crippen molar-refractivity contribution in [1.82, 2.24) is 0 Å². The monoisotopic (exact) mass is 290 g/mol. The molecule has 1 unspecified atom stereocenters. The fourth-order valence-electron chi connectivity index (χ4n) is 1.87. The minimum atomic E-state index is -4.12. The van der Waals surface area contributed by atoms with Gasteiger partial charge in [0.25, 0.3) is 5.69 Å². The van der Waals surface area contributed by atoms with Crippen LogP contribution in [0.4, 0.5) is 24.5 Å². The number of anilines is 1. The van der Waals surface area contributed by atoms with Crippen molar-refractivity contribution in [2.75, 3.05) is 5.32 Å². The van der Waals surface area contributed by atoms with Crippen molar-refractivity contribution < 1.29 is 18.1 Å². The Morgan fingerprint density at radius 2 is 2.05 bits per heavy atom. The number of nitrogens with one attached hydrogen (secondary N) is 1. The molecule has 0 aliphatic carbocycles. The van der Waals surface area contributed by atoms with Crippen LogP contribution in [-0.4, -0.2) is 17.1 Å². The molecular weight excluding hydrogens is 273 g/mol. The second-order valence-electron chi connectivity index (χ2n) is 4.81. The number of aryl methyl sites for hydroxylation is 1. The summed E-state index contributed by atoms with van der Waals surface area (Å²) in [4.78, 5) is 10.1. The van der Waals surface area contributed by atoms with E-state index in [-0.39, 0.29) is 18.2 Å². The lowest BCUT2D eigenvalue weighted by Crippen LogP contribution is -2.17. The van der Waals surface area contributed by atoms with Crippen molar-refractivity contribution in [1.29, 1.82) is 0 Å². The molecule has 0 aromatic heterocycles. The van der Waals surface area contributed by atoms with Crippen molar-refractivity contribution >= 4 is 11.4 Å². The molecule has 0 spiro atoms. The molecule has 7 heteroatoms. The van der Waals surface area contributed by atoms with Gasteiger partial charge in [-0.3, -0.25) is 10.1 Å². The summed E-state index contributed by atoms with van der Waals surface area (Å²) in [5, 5.41) is 13.7. The highest BCUT2D eigenvalue weighted by molar-refractivity contribution is 5.55. The fraction of sp³-hybridized carbons (Fsp3) is 0.538. The van der Waals surface area contributed by atoms with Crippen LogP contribution >= 0.6 is 0 Å². The molecule has 0 aliphatic heterocycles. The van der Waals surface area contributed by atoms with E-state index in [2.05, 4.69) is 5.32 Å². The molecular formula is C13H17F3N2O2. The predicted molar refractivity (Wildman–Crippen MR) is 70.8 cm³/mol. The number of hydrogen-bond donors (Lipinski definition) is 1. The van der Waals surface area contributed by atoms with Gasteiger partial charge in [0.2, 0.25) is 0 Å². The Bertz CT molecular complexity index is 475. The second kappa shape index (κ2) is 6.58. The van der Waals surface area contributed by atoms with Gasteiger partial charge >= 0.3 is 6.18 Å². The second-order valence-corrected chi connectivity index (χ2v) is 4.81. The highest BCUT2D eigenvalue weighted by Crippen LogP contribution is 2.25. The van der Waals surface area contributed by atoms with Crippen LogP contribution in [0.2, 0.25) is 0 Å². The fourth-order valence-corrected chi connectivity index (χ4v) is 1.87. The smallest absolute Gasteiger partial charge is 0.382 e. The number of nitro groups is 1. The van der Waals surface area contributed by atoms with E-state index >= 15 is 0 Å². The normalized spacial score (nSPS) is 13.1. The van der Waals surface area contributed by atoms with Gasteiger partial charge in [0.15, 0.2) is 0 Å². The van der Waals surface area contributed by atoms with Crippen molar-refractivity contribution in [2.45, 2.75) is 45.3 Å². The largest absolute Gasteiger partial charge is 0.389 e. The molecule has 1 aromatic rings. The minimum absolute atomic E-state index is 0.00206. The van der Waals surface area contributed by atoms with E-state index < -0.39 is 17.5 Å². The first-order valence-electron chi connectivity index (χ1n) is 6.27. The first-order valence-corrected chi connectivity index (χ1v) is 6.27. The Balaban J connectivity index is 2.54. The van der Waals surface area contributed by atoms with E-state index in [0.717, 1.165) is 0 Å². The average molecular weight is 290 g/mol. The van der Waals surface area contributed by atoms with Crippen LogP contribution in [0.15, 0.2) is 18.2 Å². The predicted octanol–water partition coefficient (Wildman–Crippen LogP) is 4.44. The molecule has 4 nitrogen and oxygen atoms in total. The van der Waals surface area contributed by atoms with Gasteiger partial charge in [-0.1, -0.05) is 0 Å². The molecule has 0 heterocycles. The molecule has 0 saturated carbocycles. The number of nitrogens with zero attached hydrogens (tertiary/aromatic N) is 1. The number of nitro benzene ring substituents is 1. The third-order valence-electron chi connectivity index (χ3n) is 2.92. The molecule has 20 heavy (non-hydrogen) atoms. The first kappa shape index (κ1) is 16.3. The van der Waals surface area contributed by atoms with Crippen LogP contribution in [0.1, 0.15) is 31.7 Å². The minimum Gasteiger partial charge on any atom is -0.382 e. The van der Waals surface area contributed by atoms with Crippen molar-refractivity contribution in [3.05, 3.63) is 33.9 Å². The van der Waals surface area contributed by atoms with E-state index in [4.69, 9.17) is 0 Å². The van der Waals surface area contributed by atoms with Gasteiger partial charge in [0.05, 0.1) is 4.92 Å². The zero-order valence-electron chi connectivity index (χ0n) is 11.3. The van der Waals surface area contributed by atoms with E-state index in [1.807, 2.05) is 0 Å². The van der Waals surface area contributed by atoms with Gasteiger partial charge < -0.3 is 5.32 Å². The van der Waals surface area contributed by atoms with Crippen LogP contribution in [0.25, 0.3) is 0 Å². The van der Waals surface area contributed by atoms with E-state index in [9.17, 15) is 23.3 Å². The molecule has 0 aliphatic rings. The van der Waals surface area contributed by atoms with E-state index in [1.165, 1.54) is 12.1 Å². The standard InChI is InChI=1S/C13H17F3N2O2/c1-9-8-11(18(19)20)5-6-12(9)17-10(2)4-3-7-13(14,15)16/h5-6,8,10,17H,3-4,7H2,1-2H3. The molecule has 112 valence electrons. The third kappa shape index (κ3) is 5.46. The Morgan fingerprint density at radius 3 is 2.55 bits per heavy atom. The molecule has 1 rings (SSSR count). The van der Waals surface area contributed by atoms with Gasteiger partial charge in [-0.05, 0) is 38.3 Å². The molecule has 1 aromatic carbocycles. The van der Waals surface area contributed by atoms with Crippen molar-refractivity contribution in [3.63, 3.8) is 0 Å². The summed E-state index contributed by atoms with van der Waals surface area (Å²) < 4.78 is 36.1. The number of benzene rings is 1. The SMILES string of the molecule is Cc1cc([N+](=O)[O-])ccc1NC(C)CCCC(F)(F)F. The van der Waals surface area contributed by atoms with Crippen molar-refractivity contribution in [3.8, 4) is 0 Å². The summed E-state index contributed by atoms with van der Waals surface area (Å²) in [7, 11) is 0. The van der Waals surface area contributed by atoms with Gasteiger partial charge in [0.1, 0.15) is 0 Å². The maximum Gasteiger partial charge on any atom is 0.389 e. The zero-order valence-corrected chi connectivity index (χ0v) is 11.3. The number of non-ortho nitro benzene ring substituents is 1. The third-order valence-corrected chi connectivity index (χ3v) is 2.92. The molecule has 1 atom stereocenters. The van der Waals surface area contributed by atoms with Crippen LogP contribution in [0.3, 0.4) is 0 Å².